The predicted molar refractivity (Wildman–Crippen MR) is 536 cm³/mol. The van der Waals surface area contributed by atoms with Crippen molar-refractivity contribution < 1.29 is 85.6 Å². The van der Waals surface area contributed by atoms with Gasteiger partial charge in [0.1, 0.15) is 34.5 Å². The Morgan fingerprint density at radius 1 is 0.234 bits per heavy atom. The molecule has 0 amide bonds. The van der Waals surface area contributed by atoms with E-state index >= 15 is 0 Å². The molecule has 0 saturated carbocycles. The van der Waals surface area contributed by atoms with E-state index in [-0.39, 0.29) is 51.6 Å². The van der Waals surface area contributed by atoms with E-state index in [0.29, 0.717) is 51.5 Å². The molecule has 0 bridgehead atoms. The molecule has 0 radical (unpaired) electrons. The van der Waals surface area contributed by atoms with Gasteiger partial charge in [-0.05, 0) is 154 Å². The molecule has 128 heavy (non-hydrogen) atoms. The van der Waals surface area contributed by atoms with E-state index in [0.717, 1.165) is 192 Å². The van der Waals surface area contributed by atoms with Gasteiger partial charge in [0.15, 0.2) is 78.5 Å². The predicted octanol–water partition coefficient (Wildman–Crippen LogP) is 17.1. The van der Waals surface area contributed by atoms with Crippen molar-refractivity contribution in [2.24, 2.45) is 0 Å². The minimum Gasteiger partial charge on any atom is -0.467 e. The first-order valence-corrected chi connectivity index (χ1v) is 47.0. The second-order valence-corrected chi connectivity index (χ2v) is 39.0. The number of ether oxygens (including phenoxy) is 12. The van der Waals surface area contributed by atoms with Crippen LogP contribution in [-0.2, 0) is 39.3 Å². The highest BCUT2D eigenvalue weighted by atomic mass is 31.1. The van der Waals surface area contributed by atoms with Crippen molar-refractivity contribution in [1.29, 1.82) is 0 Å². The Labute approximate surface area is 766 Å². The summed E-state index contributed by atoms with van der Waals surface area (Å²) < 4.78 is 64.3. The quantitative estimate of drug-likeness (QED) is 0.0203. The van der Waals surface area contributed by atoms with E-state index in [4.69, 9.17) is 56.8 Å². The van der Waals surface area contributed by atoms with Gasteiger partial charge >= 0.3 is 0 Å². The average Bonchev–Trinajstić information content (AvgIpc) is 0.783. The number of aryl methyl sites for hydroxylation is 6. The van der Waals surface area contributed by atoms with Gasteiger partial charge in [-0.3, -0.25) is 28.8 Å². The minimum absolute atomic E-state index is 0.0432. The zero-order valence-corrected chi connectivity index (χ0v) is 82.1. The van der Waals surface area contributed by atoms with Crippen molar-refractivity contribution in [3.8, 4) is 34.5 Å². The molecule has 0 spiro atoms. The van der Waals surface area contributed by atoms with Crippen LogP contribution in [0.4, 0.5) is 0 Å². The molecule has 0 aliphatic rings. The van der Waals surface area contributed by atoms with Crippen molar-refractivity contribution in [2.45, 2.75) is 93.9 Å². The molecular formula is C104H118O18P6. The summed E-state index contributed by atoms with van der Waals surface area (Å²) in [5, 5.41) is 12.7. The summed E-state index contributed by atoms with van der Waals surface area (Å²) in [4.78, 5) is 67.0. The highest BCUT2D eigenvalue weighted by Gasteiger charge is 2.25. The molecule has 0 aliphatic carbocycles. The van der Waals surface area contributed by atoms with Crippen LogP contribution in [0.25, 0.3) is 0 Å². The van der Waals surface area contributed by atoms with E-state index in [1.165, 1.54) is 22.3 Å². The van der Waals surface area contributed by atoms with Gasteiger partial charge in [0, 0.05) is 113 Å². The highest BCUT2D eigenvalue weighted by Crippen LogP contribution is 2.36. The molecule has 12 aromatic carbocycles. The van der Waals surface area contributed by atoms with Gasteiger partial charge in [0.05, 0.1) is 0 Å². The van der Waals surface area contributed by atoms with Gasteiger partial charge in [-0.25, -0.2) is 0 Å². The second-order valence-electron chi connectivity index (χ2n) is 31.1. The van der Waals surface area contributed by atoms with E-state index in [1.54, 1.807) is 42.7 Å². The van der Waals surface area contributed by atoms with Crippen LogP contribution in [-0.4, -0.2) is 121 Å². The number of para-hydroxylation sites is 2. The van der Waals surface area contributed by atoms with Gasteiger partial charge in [0.25, 0.3) is 0 Å². The van der Waals surface area contributed by atoms with Crippen LogP contribution in [0.3, 0.4) is 0 Å². The molecule has 0 fully saturated rings. The Morgan fingerprint density at radius 3 is 0.891 bits per heavy atom. The lowest BCUT2D eigenvalue weighted by Gasteiger charge is -2.25. The maximum absolute atomic E-state index is 11.3. The standard InChI is InChI=1S/2C20H25O3P.C17H19O3P.2C16H17O3P.C15H15O3P/c1-14-10-16(20(2,3)4)11-18(19(14)23-13-22-5)24-17-9-7-6-8-15(17)12-21;1-14-10-16(20(2,3)4)19(23-13-22-5)18(11-14)24-17-9-7-6-8-15(17)12-21;1-12-8-13(2)17(20-11-19-3)16(9-12)21-15-7-5-4-6-14(15)10-18;1-12-6-5-9-15(16(12)19-11-18-2)20-14-8-4-3-7-13(14)10-17;1-12-7-8-14(19-11-18-2)16(9-12)20-15-6-4-3-5-13(15)10-17;1-17-11-18-13-7-3-5-9-15(13)19-14-8-4-2-6-12(14)10-16/h2*6-12,24H,13H2,1-5H3;4-10,21H,11H2,1-3H3;2*3-10,20H,11H2,1-2H3;2-10,19H,11H2,1H3. The van der Waals surface area contributed by atoms with Crippen LogP contribution >= 0.6 is 51.5 Å². The molecule has 0 aliphatic heterocycles. The number of carbonyl (C=O) groups excluding carboxylic acids is 6. The number of benzene rings is 12. The summed E-state index contributed by atoms with van der Waals surface area (Å²) in [5.41, 5.74) is 13.6. The van der Waals surface area contributed by atoms with Crippen molar-refractivity contribution in [3.63, 3.8) is 0 Å². The monoisotopic (exact) mass is 1840 g/mol. The zero-order chi connectivity index (χ0) is 93.0. The fourth-order valence-corrected chi connectivity index (χ4v) is 20.7. The van der Waals surface area contributed by atoms with E-state index < -0.39 is 0 Å². The average molecular weight is 1840 g/mol. The molecule has 0 aromatic heterocycles. The molecule has 0 N–H and O–H groups in total. The summed E-state index contributed by atoms with van der Waals surface area (Å²) in [5.74, 6) is 5.01. The molecule has 6 unspecified atom stereocenters. The summed E-state index contributed by atoms with van der Waals surface area (Å²) in [6.07, 6.45) is 5.42. The Balaban J connectivity index is 0.000000211. The molecule has 0 saturated heterocycles. The number of rotatable bonds is 36. The largest absolute Gasteiger partial charge is 0.467 e. The lowest BCUT2D eigenvalue weighted by atomic mass is 9.85. The third-order valence-electron chi connectivity index (χ3n) is 18.9. The van der Waals surface area contributed by atoms with Crippen LogP contribution in [0.1, 0.15) is 148 Å². The first kappa shape index (κ1) is 105. The van der Waals surface area contributed by atoms with Crippen molar-refractivity contribution in [2.75, 3.05) is 83.4 Å². The Morgan fingerprint density at radius 2 is 0.516 bits per heavy atom. The lowest BCUT2D eigenvalue weighted by molar-refractivity contribution is 0.0505. The SMILES string of the molecule is COCOc1c(C)cc(C(C)(C)C)cc1Pc1ccccc1C=O.COCOc1c(C)cc(C)cc1Pc1ccccc1C=O.COCOc1c(C)cccc1Pc1ccccc1C=O.COCOc1c(Pc2ccccc2C=O)cc(C)cc1C(C)(C)C.COCOc1ccc(C)cc1Pc1ccccc1C=O.COCOc1ccccc1Pc1ccccc1C=O. The smallest absolute Gasteiger partial charge is 0.188 e. The topological polar surface area (TPSA) is 213 Å². The minimum atomic E-state index is -0.0432. The number of hydrogen-bond donors (Lipinski definition) is 0. The number of hydrogen-bond acceptors (Lipinski definition) is 18. The summed E-state index contributed by atoms with van der Waals surface area (Å²) in [7, 11) is 11.8. The van der Waals surface area contributed by atoms with Gasteiger partial charge < -0.3 is 56.8 Å². The highest BCUT2D eigenvalue weighted by molar-refractivity contribution is 7.57. The van der Waals surface area contributed by atoms with E-state index in [9.17, 15) is 28.8 Å². The Hall–Kier alpha value is -10.2. The van der Waals surface area contributed by atoms with Gasteiger partial charge in [0.2, 0.25) is 0 Å². The number of methoxy groups -OCH3 is 6. The van der Waals surface area contributed by atoms with Crippen molar-refractivity contribution in [3.05, 3.63) is 321 Å². The van der Waals surface area contributed by atoms with Crippen LogP contribution in [0.15, 0.2) is 243 Å². The summed E-state index contributed by atoms with van der Waals surface area (Å²) >= 11 is 0. The zero-order valence-electron chi connectivity index (χ0n) is 76.1. The number of aldehydes is 6. The maximum Gasteiger partial charge on any atom is 0.188 e. The van der Waals surface area contributed by atoms with Crippen molar-refractivity contribution in [1.82, 2.24) is 0 Å². The van der Waals surface area contributed by atoms with E-state index in [1.807, 2.05) is 221 Å². The van der Waals surface area contributed by atoms with Crippen molar-refractivity contribution >= 4 is 153 Å². The van der Waals surface area contributed by atoms with Gasteiger partial charge in [-0.1, -0.05) is 305 Å². The third kappa shape index (κ3) is 33.4. The lowest BCUT2D eigenvalue weighted by Crippen LogP contribution is -2.20. The Kier molecular flexibility index (Phi) is 45.6. The first-order chi connectivity index (χ1) is 61.7. The van der Waals surface area contributed by atoms with E-state index in [2.05, 4.69) is 105 Å². The number of carbonyl (C=O) groups is 6. The maximum atomic E-state index is 11.3. The van der Waals surface area contributed by atoms with Crippen LogP contribution < -0.4 is 92.1 Å². The fraction of sp³-hybridized carbons (Fsp3) is 0.250. The molecule has 6 atom stereocenters. The Bertz CT molecular complexity index is 5470. The molecule has 0 heterocycles. The molecule has 12 rings (SSSR count). The summed E-state index contributed by atoms with van der Waals surface area (Å²) in [6, 6.07) is 78.7. The molecule has 24 heteroatoms. The molecule has 672 valence electrons. The second kappa shape index (κ2) is 55.6. The normalized spacial score (nSPS) is 11.3. The molecule has 12 aromatic rings. The van der Waals surface area contributed by atoms with Crippen LogP contribution in [0.5, 0.6) is 34.5 Å². The fourth-order valence-electron chi connectivity index (χ4n) is 12.7. The third-order valence-corrected chi connectivity index (χ3v) is 27.2. The molecule has 18 nitrogen and oxygen atoms in total. The van der Waals surface area contributed by atoms with Crippen LogP contribution in [0.2, 0.25) is 0 Å². The van der Waals surface area contributed by atoms with Gasteiger partial charge in [-0.2, -0.15) is 0 Å². The summed E-state index contributed by atoms with van der Waals surface area (Å²) in [6.45, 7) is 26.7. The van der Waals surface area contributed by atoms with Crippen LogP contribution in [0, 0.1) is 41.5 Å². The van der Waals surface area contributed by atoms with Gasteiger partial charge in [-0.15, -0.1) is 0 Å². The molecular weight excluding hydrogens is 1720 g/mol. The first-order valence-electron chi connectivity index (χ1n) is 41.0.